The quantitative estimate of drug-likeness (QED) is 0.766. The van der Waals surface area contributed by atoms with E-state index in [1.807, 2.05) is 0 Å². The zero-order valence-electron chi connectivity index (χ0n) is 9.13. The predicted molar refractivity (Wildman–Crippen MR) is 59.8 cm³/mol. The van der Waals surface area contributed by atoms with Crippen molar-refractivity contribution in [2.24, 2.45) is 5.92 Å². The number of hydrogen-bond acceptors (Lipinski definition) is 4. The second-order valence-corrected chi connectivity index (χ2v) is 4.68. The van der Waals surface area contributed by atoms with Gasteiger partial charge in [-0.1, -0.05) is 0 Å². The monoisotopic (exact) mass is 214 g/mol. The van der Waals surface area contributed by atoms with E-state index in [4.69, 9.17) is 5.26 Å². The molecule has 0 bridgehead atoms. The maximum Gasteiger partial charge on any atom is 0.226 e. The topological polar surface area (TPSA) is 52.8 Å². The minimum absolute atomic E-state index is 0.464. The summed E-state index contributed by atoms with van der Waals surface area (Å²) in [5, 5.41) is 8.83. The molecule has 0 saturated heterocycles. The van der Waals surface area contributed by atoms with Crippen LogP contribution < -0.4 is 4.90 Å². The summed E-state index contributed by atoms with van der Waals surface area (Å²) in [6.07, 6.45) is 6.84. The van der Waals surface area contributed by atoms with Gasteiger partial charge in [0, 0.05) is 18.8 Å². The van der Waals surface area contributed by atoms with Gasteiger partial charge in [-0.15, -0.1) is 0 Å². The average Bonchev–Trinajstić information content (AvgIpc) is 3.16. The molecule has 16 heavy (non-hydrogen) atoms. The number of aromatic nitrogens is 2. The number of nitriles is 1. The van der Waals surface area contributed by atoms with E-state index in [-0.39, 0.29) is 0 Å². The minimum atomic E-state index is 0.464. The van der Waals surface area contributed by atoms with Crippen molar-refractivity contribution in [2.75, 3.05) is 11.4 Å². The van der Waals surface area contributed by atoms with E-state index < -0.39 is 0 Å². The Morgan fingerprint density at radius 2 is 2.19 bits per heavy atom. The van der Waals surface area contributed by atoms with Crippen molar-refractivity contribution in [3.8, 4) is 6.07 Å². The van der Waals surface area contributed by atoms with Gasteiger partial charge in [0.05, 0.1) is 0 Å². The van der Waals surface area contributed by atoms with Crippen molar-refractivity contribution < 1.29 is 0 Å². The van der Waals surface area contributed by atoms with Crippen LogP contribution in [0.15, 0.2) is 12.3 Å². The Kier molecular flexibility index (Phi) is 2.24. The number of rotatable bonds is 4. The Bertz CT molecular complexity index is 429. The number of hydrogen-bond donors (Lipinski definition) is 0. The summed E-state index contributed by atoms with van der Waals surface area (Å²) in [7, 11) is 0. The first-order chi connectivity index (χ1) is 7.86. The zero-order valence-corrected chi connectivity index (χ0v) is 9.13. The summed E-state index contributed by atoms with van der Waals surface area (Å²) in [6, 6.07) is 4.35. The lowest BCUT2D eigenvalue weighted by Crippen LogP contribution is -2.29. The van der Waals surface area contributed by atoms with E-state index in [1.54, 1.807) is 12.3 Å². The molecular formula is C12H14N4. The molecule has 4 nitrogen and oxygen atoms in total. The first kappa shape index (κ1) is 9.59. The molecule has 0 amide bonds. The molecule has 0 atom stereocenters. The Labute approximate surface area is 94.9 Å². The smallest absolute Gasteiger partial charge is 0.226 e. The molecule has 1 aromatic rings. The van der Waals surface area contributed by atoms with Crippen LogP contribution in [0.25, 0.3) is 0 Å². The van der Waals surface area contributed by atoms with Crippen LogP contribution in [0.3, 0.4) is 0 Å². The van der Waals surface area contributed by atoms with E-state index in [2.05, 4.69) is 20.9 Å². The highest BCUT2D eigenvalue weighted by Gasteiger charge is 2.35. The maximum atomic E-state index is 8.83. The molecule has 0 radical (unpaired) electrons. The average molecular weight is 214 g/mol. The molecule has 0 unspecified atom stereocenters. The molecule has 1 aromatic heterocycles. The standard InChI is InChI=1S/C12H14N4/c13-7-10-5-6-14-12(15-10)16(11-3-4-11)8-9-1-2-9/h5-6,9,11H,1-4,8H2. The molecule has 0 aliphatic heterocycles. The fourth-order valence-electron chi connectivity index (χ4n) is 1.91. The van der Waals surface area contributed by atoms with Crippen LogP contribution in [0.1, 0.15) is 31.4 Å². The third-order valence-electron chi connectivity index (χ3n) is 3.15. The largest absolute Gasteiger partial charge is 0.338 e. The molecule has 0 N–H and O–H groups in total. The van der Waals surface area contributed by atoms with Crippen molar-refractivity contribution in [1.29, 1.82) is 5.26 Å². The summed E-state index contributed by atoms with van der Waals surface area (Å²) in [4.78, 5) is 10.9. The van der Waals surface area contributed by atoms with Crippen molar-refractivity contribution in [2.45, 2.75) is 31.7 Å². The third kappa shape index (κ3) is 1.99. The fourth-order valence-corrected chi connectivity index (χ4v) is 1.91. The van der Waals surface area contributed by atoms with Gasteiger partial charge in [-0.2, -0.15) is 5.26 Å². The van der Waals surface area contributed by atoms with Gasteiger partial charge in [-0.25, -0.2) is 9.97 Å². The van der Waals surface area contributed by atoms with Crippen molar-refractivity contribution in [3.05, 3.63) is 18.0 Å². The Morgan fingerprint density at radius 1 is 1.38 bits per heavy atom. The molecule has 2 fully saturated rings. The Morgan fingerprint density at radius 3 is 2.81 bits per heavy atom. The van der Waals surface area contributed by atoms with E-state index in [0.717, 1.165) is 18.4 Å². The molecule has 2 aliphatic rings. The summed E-state index contributed by atoms with van der Waals surface area (Å²) in [6.45, 7) is 1.07. The lowest BCUT2D eigenvalue weighted by Gasteiger charge is -2.21. The minimum Gasteiger partial charge on any atom is -0.338 e. The van der Waals surface area contributed by atoms with Gasteiger partial charge in [0.2, 0.25) is 5.95 Å². The van der Waals surface area contributed by atoms with Gasteiger partial charge >= 0.3 is 0 Å². The predicted octanol–water partition coefficient (Wildman–Crippen LogP) is 1.73. The van der Waals surface area contributed by atoms with Crippen LogP contribution in [0.5, 0.6) is 0 Å². The number of nitrogens with zero attached hydrogens (tertiary/aromatic N) is 4. The summed E-state index contributed by atoms with van der Waals surface area (Å²) in [5.41, 5.74) is 0.464. The molecule has 82 valence electrons. The van der Waals surface area contributed by atoms with Gasteiger partial charge in [0.25, 0.3) is 0 Å². The van der Waals surface area contributed by atoms with E-state index in [9.17, 15) is 0 Å². The maximum absolute atomic E-state index is 8.83. The Balaban J connectivity index is 1.82. The highest BCUT2D eigenvalue weighted by atomic mass is 15.3. The van der Waals surface area contributed by atoms with E-state index >= 15 is 0 Å². The van der Waals surface area contributed by atoms with Gasteiger partial charge in [0.1, 0.15) is 11.8 Å². The van der Waals surface area contributed by atoms with Crippen molar-refractivity contribution in [1.82, 2.24) is 9.97 Å². The van der Waals surface area contributed by atoms with Crippen molar-refractivity contribution >= 4 is 5.95 Å². The van der Waals surface area contributed by atoms with E-state index in [1.165, 1.54) is 25.7 Å². The molecule has 2 aliphatic carbocycles. The fraction of sp³-hybridized carbons (Fsp3) is 0.583. The highest BCUT2D eigenvalue weighted by molar-refractivity contribution is 5.37. The lowest BCUT2D eigenvalue weighted by atomic mass is 10.3. The molecule has 2 saturated carbocycles. The zero-order chi connectivity index (χ0) is 11.0. The van der Waals surface area contributed by atoms with Gasteiger partial charge in [-0.3, -0.25) is 0 Å². The molecule has 3 rings (SSSR count). The molecule has 0 spiro atoms. The van der Waals surface area contributed by atoms with Crippen LogP contribution in [0.2, 0.25) is 0 Å². The van der Waals surface area contributed by atoms with Crippen LogP contribution >= 0.6 is 0 Å². The van der Waals surface area contributed by atoms with Gasteiger partial charge in [-0.05, 0) is 37.7 Å². The SMILES string of the molecule is N#Cc1ccnc(N(CC2CC2)C2CC2)n1. The molecule has 1 heterocycles. The molecule has 4 heteroatoms. The Hall–Kier alpha value is -1.63. The second kappa shape index (κ2) is 3.75. The van der Waals surface area contributed by atoms with Gasteiger partial charge in [0.15, 0.2) is 0 Å². The summed E-state index contributed by atoms with van der Waals surface area (Å²) in [5.74, 6) is 1.57. The molecule has 0 aromatic carbocycles. The molecular weight excluding hydrogens is 200 g/mol. The first-order valence-electron chi connectivity index (χ1n) is 5.86. The van der Waals surface area contributed by atoms with Crippen LogP contribution in [0, 0.1) is 17.2 Å². The highest BCUT2D eigenvalue weighted by Crippen LogP contribution is 2.36. The van der Waals surface area contributed by atoms with Crippen LogP contribution in [-0.2, 0) is 0 Å². The second-order valence-electron chi connectivity index (χ2n) is 4.68. The summed E-state index contributed by atoms with van der Waals surface area (Å²) < 4.78 is 0. The van der Waals surface area contributed by atoms with Crippen LogP contribution in [0.4, 0.5) is 5.95 Å². The third-order valence-corrected chi connectivity index (χ3v) is 3.15. The number of anilines is 1. The van der Waals surface area contributed by atoms with Crippen molar-refractivity contribution in [3.63, 3.8) is 0 Å². The van der Waals surface area contributed by atoms with Gasteiger partial charge < -0.3 is 4.90 Å². The normalized spacial score (nSPS) is 19.2. The van der Waals surface area contributed by atoms with E-state index in [0.29, 0.717) is 11.7 Å². The summed E-state index contributed by atoms with van der Waals surface area (Å²) >= 11 is 0. The first-order valence-corrected chi connectivity index (χ1v) is 5.86. The lowest BCUT2D eigenvalue weighted by molar-refractivity contribution is 0.696. The van der Waals surface area contributed by atoms with Crippen LogP contribution in [-0.4, -0.2) is 22.6 Å².